The largest absolute Gasteiger partial charge is 0.382 e. The summed E-state index contributed by atoms with van der Waals surface area (Å²) in [5.74, 6) is -2.23. The maximum atomic E-state index is 12.1. The summed E-state index contributed by atoms with van der Waals surface area (Å²) < 4.78 is 0. The molecule has 0 aliphatic carbocycles. The van der Waals surface area contributed by atoms with Crippen LogP contribution in [0.4, 0.5) is 0 Å². The molecule has 0 radical (unpaired) electrons. The summed E-state index contributed by atoms with van der Waals surface area (Å²) in [6.45, 7) is 11.6. The fourth-order valence-electron chi connectivity index (χ4n) is 1.74. The van der Waals surface area contributed by atoms with E-state index in [9.17, 15) is 19.5 Å². The van der Waals surface area contributed by atoms with Crippen LogP contribution in [0.3, 0.4) is 0 Å². The van der Waals surface area contributed by atoms with Gasteiger partial charge in [0.2, 0.25) is 11.8 Å². The van der Waals surface area contributed by atoms with Crippen LogP contribution in [0.25, 0.3) is 0 Å². The number of carbonyl (C=O) groups is 3. The lowest BCUT2D eigenvalue weighted by molar-refractivity contribution is -0.147. The van der Waals surface area contributed by atoms with Crippen LogP contribution in [0, 0.1) is 17.8 Å². The molecule has 0 heterocycles. The molecule has 0 fully saturated rings. The molecule has 3 amide bonds. The highest BCUT2D eigenvalue weighted by Crippen LogP contribution is 2.16. The summed E-state index contributed by atoms with van der Waals surface area (Å²) in [6.07, 6.45) is -1.44. The standard InChI is InChI=1S/C12H23N3O5.C4H10/c1-6(2)5-8(9(16)12(19)15-20)11(18)14-7(3)10(17)13-4;1-4(2)3/h6-9,16,20H,5H2,1-4H3,(H,13,17)(H,14,18)(H,15,19);4H,1-3H3/t7-,8-,9-;/m0./s1. The monoisotopic (exact) mass is 347 g/mol. The number of hydrogen-bond acceptors (Lipinski definition) is 5. The number of likely N-dealkylation sites (N-methyl/N-ethyl adjacent to an activating group) is 1. The molecule has 0 aromatic carbocycles. The second-order valence-corrected chi connectivity index (χ2v) is 6.73. The van der Waals surface area contributed by atoms with Gasteiger partial charge in [-0.25, -0.2) is 5.48 Å². The van der Waals surface area contributed by atoms with Gasteiger partial charge in [-0.15, -0.1) is 0 Å². The Hall–Kier alpha value is -1.67. The molecule has 0 aromatic heterocycles. The van der Waals surface area contributed by atoms with Crippen LogP contribution in [-0.2, 0) is 14.4 Å². The topological polar surface area (TPSA) is 128 Å². The molecule has 8 nitrogen and oxygen atoms in total. The lowest BCUT2D eigenvalue weighted by atomic mass is 9.90. The van der Waals surface area contributed by atoms with Crippen molar-refractivity contribution in [2.45, 2.75) is 60.1 Å². The van der Waals surface area contributed by atoms with Crippen molar-refractivity contribution in [3.63, 3.8) is 0 Å². The van der Waals surface area contributed by atoms with Crippen molar-refractivity contribution in [2.24, 2.45) is 17.8 Å². The number of aliphatic hydroxyl groups excluding tert-OH is 1. The van der Waals surface area contributed by atoms with Crippen LogP contribution >= 0.6 is 0 Å². The molecular formula is C16H33N3O5. The Morgan fingerprint density at radius 1 is 0.917 bits per heavy atom. The second kappa shape index (κ2) is 12.7. The summed E-state index contributed by atoms with van der Waals surface area (Å²) in [7, 11) is 1.44. The van der Waals surface area contributed by atoms with Gasteiger partial charge in [-0.3, -0.25) is 19.6 Å². The fourth-order valence-corrected chi connectivity index (χ4v) is 1.74. The highest BCUT2D eigenvalue weighted by molar-refractivity contribution is 5.91. The van der Waals surface area contributed by atoms with E-state index in [4.69, 9.17) is 5.21 Å². The van der Waals surface area contributed by atoms with Crippen LogP contribution in [0.1, 0.15) is 48.0 Å². The Morgan fingerprint density at radius 3 is 1.71 bits per heavy atom. The van der Waals surface area contributed by atoms with Crippen LogP contribution in [-0.4, -0.2) is 47.2 Å². The minimum absolute atomic E-state index is 0.0437. The Bertz CT molecular complexity index is 396. The molecular weight excluding hydrogens is 314 g/mol. The Balaban J connectivity index is 0. The van der Waals surface area contributed by atoms with E-state index in [1.807, 2.05) is 13.8 Å². The van der Waals surface area contributed by atoms with Gasteiger partial charge in [0.25, 0.3) is 5.91 Å². The number of amides is 3. The first-order valence-electron chi connectivity index (χ1n) is 8.11. The van der Waals surface area contributed by atoms with Gasteiger partial charge in [0.05, 0.1) is 5.92 Å². The van der Waals surface area contributed by atoms with Crippen molar-refractivity contribution in [3.05, 3.63) is 0 Å². The van der Waals surface area contributed by atoms with Crippen molar-refractivity contribution in [2.75, 3.05) is 7.05 Å². The van der Waals surface area contributed by atoms with E-state index in [0.717, 1.165) is 5.92 Å². The zero-order chi connectivity index (χ0) is 19.4. The van der Waals surface area contributed by atoms with Crippen molar-refractivity contribution in [3.8, 4) is 0 Å². The van der Waals surface area contributed by atoms with E-state index >= 15 is 0 Å². The molecule has 142 valence electrons. The summed E-state index contributed by atoms with van der Waals surface area (Å²) in [6, 6.07) is -0.786. The third-order valence-electron chi connectivity index (χ3n) is 2.82. The molecule has 3 atom stereocenters. The van der Waals surface area contributed by atoms with Crippen LogP contribution in [0.15, 0.2) is 0 Å². The maximum absolute atomic E-state index is 12.1. The summed E-state index contributed by atoms with van der Waals surface area (Å²) in [5.41, 5.74) is 1.31. The molecule has 0 spiro atoms. The van der Waals surface area contributed by atoms with Gasteiger partial charge in [-0.2, -0.15) is 0 Å². The Morgan fingerprint density at radius 2 is 1.38 bits per heavy atom. The Labute approximate surface area is 144 Å². The van der Waals surface area contributed by atoms with E-state index in [1.165, 1.54) is 19.5 Å². The molecule has 0 aliphatic heterocycles. The highest BCUT2D eigenvalue weighted by atomic mass is 16.5. The summed E-state index contributed by atoms with van der Waals surface area (Å²) >= 11 is 0. The first-order valence-corrected chi connectivity index (χ1v) is 8.11. The van der Waals surface area contributed by atoms with Gasteiger partial charge in [0, 0.05) is 7.05 Å². The molecule has 5 N–H and O–H groups in total. The number of hydroxylamine groups is 1. The van der Waals surface area contributed by atoms with Crippen molar-refractivity contribution in [1.82, 2.24) is 16.1 Å². The number of hydrogen-bond donors (Lipinski definition) is 5. The molecule has 0 rings (SSSR count). The molecule has 0 aromatic rings. The number of aliphatic hydroxyl groups is 1. The average Bonchev–Trinajstić information content (AvgIpc) is 2.49. The van der Waals surface area contributed by atoms with E-state index in [0.29, 0.717) is 0 Å². The van der Waals surface area contributed by atoms with Crippen LogP contribution in [0.2, 0.25) is 0 Å². The number of carbonyl (C=O) groups excluding carboxylic acids is 3. The first-order chi connectivity index (χ1) is 11.0. The molecule has 0 bridgehead atoms. The number of nitrogens with one attached hydrogen (secondary N) is 3. The molecule has 0 saturated carbocycles. The van der Waals surface area contributed by atoms with Gasteiger partial charge < -0.3 is 15.7 Å². The van der Waals surface area contributed by atoms with Crippen molar-refractivity contribution >= 4 is 17.7 Å². The van der Waals surface area contributed by atoms with Crippen LogP contribution < -0.4 is 16.1 Å². The highest BCUT2D eigenvalue weighted by Gasteiger charge is 2.33. The zero-order valence-electron chi connectivity index (χ0n) is 15.7. The average molecular weight is 347 g/mol. The van der Waals surface area contributed by atoms with E-state index < -0.39 is 29.9 Å². The quantitative estimate of drug-likeness (QED) is 0.337. The SMILES string of the molecule is CC(C)C.CNC(=O)[C@H](C)NC(=O)[C@@H](CC(C)C)[C@H](O)C(=O)NO. The minimum Gasteiger partial charge on any atom is -0.382 e. The lowest BCUT2D eigenvalue weighted by Crippen LogP contribution is -2.50. The first kappa shape index (κ1) is 24.6. The minimum atomic E-state index is -1.68. The smallest absolute Gasteiger partial charge is 0.272 e. The fraction of sp³-hybridized carbons (Fsp3) is 0.812. The van der Waals surface area contributed by atoms with E-state index in [2.05, 4.69) is 31.4 Å². The predicted molar refractivity (Wildman–Crippen MR) is 91.1 cm³/mol. The van der Waals surface area contributed by atoms with Gasteiger partial charge in [-0.05, 0) is 25.2 Å². The van der Waals surface area contributed by atoms with Crippen molar-refractivity contribution in [1.29, 1.82) is 0 Å². The third-order valence-corrected chi connectivity index (χ3v) is 2.82. The van der Waals surface area contributed by atoms with Gasteiger partial charge in [0.15, 0.2) is 0 Å². The maximum Gasteiger partial charge on any atom is 0.272 e. The third kappa shape index (κ3) is 11.0. The van der Waals surface area contributed by atoms with Gasteiger partial charge in [0.1, 0.15) is 12.1 Å². The van der Waals surface area contributed by atoms with Crippen molar-refractivity contribution < 1.29 is 24.7 Å². The molecule has 8 heteroatoms. The summed E-state index contributed by atoms with van der Waals surface area (Å²) in [5, 5.41) is 23.1. The molecule has 24 heavy (non-hydrogen) atoms. The predicted octanol–water partition coefficient (Wildman–Crippen LogP) is 0.428. The molecule has 0 aliphatic rings. The Kier molecular flexibility index (Phi) is 13.0. The molecule has 0 unspecified atom stereocenters. The lowest BCUT2D eigenvalue weighted by Gasteiger charge is -2.24. The van der Waals surface area contributed by atoms with Gasteiger partial charge >= 0.3 is 0 Å². The molecule has 0 saturated heterocycles. The summed E-state index contributed by atoms with van der Waals surface area (Å²) in [4.78, 5) is 34.6. The van der Waals surface area contributed by atoms with E-state index in [1.54, 1.807) is 0 Å². The second-order valence-electron chi connectivity index (χ2n) is 6.73. The van der Waals surface area contributed by atoms with Crippen LogP contribution in [0.5, 0.6) is 0 Å². The van der Waals surface area contributed by atoms with Gasteiger partial charge in [-0.1, -0.05) is 34.6 Å². The van der Waals surface area contributed by atoms with E-state index in [-0.39, 0.29) is 18.2 Å². The zero-order valence-corrected chi connectivity index (χ0v) is 15.7. The number of rotatable bonds is 7. The normalized spacial score (nSPS) is 14.1.